The van der Waals surface area contributed by atoms with Gasteiger partial charge in [-0.1, -0.05) is 6.92 Å². The Morgan fingerprint density at radius 3 is 2.79 bits per heavy atom. The van der Waals surface area contributed by atoms with Crippen LogP contribution in [-0.4, -0.2) is 68.1 Å². The normalized spacial score (nSPS) is 43.8. The number of ether oxygens (including phenoxy) is 1. The summed E-state index contributed by atoms with van der Waals surface area (Å²) in [6, 6.07) is 2.74. The van der Waals surface area contributed by atoms with Crippen molar-refractivity contribution in [2.24, 2.45) is 11.8 Å². The first-order valence-corrected chi connectivity index (χ1v) is 9.80. The third-order valence-corrected chi connectivity index (χ3v) is 6.60. The van der Waals surface area contributed by atoms with Crippen LogP contribution in [0, 0.1) is 23.2 Å². The van der Waals surface area contributed by atoms with Crippen molar-refractivity contribution in [3.8, 4) is 6.07 Å². The first-order valence-electron chi connectivity index (χ1n) is 9.80. The summed E-state index contributed by atoms with van der Waals surface area (Å²) >= 11 is 0. The molecule has 0 radical (unpaired) electrons. The Bertz CT molecular complexity index is 473. The lowest BCUT2D eigenvalue weighted by Crippen LogP contribution is -2.59. The van der Waals surface area contributed by atoms with E-state index in [1.807, 2.05) is 0 Å². The number of nitrogens with zero attached hydrogens (tertiary/aromatic N) is 2. The number of nitrogens with one attached hydrogen (secondary N) is 3. The van der Waals surface area contributed by atoms with Crippen molar-refractivity contribution in [1.29, 1.82) is 5.26 Å². The van der Waals surface area contributed by atoms with Gasteiger partial charge in [-0.2, -0.15) is 5.26 Å². The second-order valence-corrected chi connectivity index (χ2v) is 7.84. The Kier molecular flexibility index (Phi) is 5.07. The van der Waals surface area contributed by atoms with Gasteiger partial charge in [0.15, 0.2) is 0 Å². The molecule has 0 aromatic rings. The first kappa shape index (κ1) is 16.7. The molecule has 6 atom stereocenters. The molecule has 134 valence electrons. The number of hydrogen-bond donors (Lipinski definition) is 3. The quantitative estimate of drug-likeness (QED) is 0.688. The van der Waals surface area contributed by atoms with Gasteiger partial charge in [-0.05, 0) is 44.7 Å². The Balaban J connectivity index is 1.47. The second-order valence-electron chi connectivity index (χ2n) is 7.84. The third kappa shape index (κ3) is 3.09. The van der Waals surface area contributed by atoms with Crippen LogP contribution in [0.15, 0.2) is 0 Å². The molecular formula is C18H31N5O. The lowest BCUT2D eigenvalue weighted by molar-refractivity contribution is -0.0952. The van der Waals surface area contributed by atoms with Crippen LogP contribution >= 0.6 is 0 Å². The van der Waals surface area contributed by atoms with Gasteiger partial charge in [-0.3, -0.25) is 10.6 Å². The summed E-state index contributed by atoms with van der Waals surface area (Å²) in [5.74, 6) is 1.06. The maximum Gasteiger partial charge on any atom is 0.122 e. The van der Waals surface area contributed by atoms with E-state index in [0.717, 1.165) is 45.6 Å². The van der Waals surface area contributed by atoms with Crippen molar-refractivity contribution < 1.29 is 4.74 Å². The fraction of sp³-hybridized carbons (Fsp3) is 0.944. The molecule has 0 spiro atoms. The summed E-state index contributed by atoms with van der Waals surface area (Å²) in [5.41, 5.74) is 0. The average molecular weight is 333 g/mol. The SMILES string of the molecule is CCN1CCC(OC2C(C#N)NCC3NC4NCCCC4C32)CC1. The minimum atomic E-state index is -0.169. The third-order valence-electron chi connectivity index (χ3n) is 6.60. The minimum Gasteiger partial charge on any atom is -0.372 e. The van der Waals surface area contributed by atoms with E-state index >= 15 is 0 Å². The van der Waals surface area contributed by atoms with Gasteiger partial charge < -0.3 is 15.0 Å². The van der Waals surface area contributed by atoms with Gasteiger partial charge in [-0.25, -0.2) is 0 Å². The van der Waals surface area contributed by atoms with Crippen molar-refractivity contribution in [2.75, 3.05) is 32.7 Å². The number of likely N-dealkylation sites (tertiary alicyclic amines) is 1. The molecule has 3 N–H and O–H groups in total. The van der Waals surface area contributed by atoms with E-state index in [1.165, 1.54) is 12.8 Å². The Morgan fingerprint density at radius 2 is 2.04 bits per heavy atom. The van der Waals surface area contributed by atoms with Crippen LogP contribution in [0.5, 0.6) is 0 Å². The van der Waals surface area contributed by atoms with Gasteiger partial charge in [0.25, 0.3) is 0 Å². The van der Waals surface area contributed by atoms with E-state index in [1.54, 1.807) is 0 Å². The van der Waals surface area contributed by atoms with Crippen molar-refractivity contribution in [3.63, 3.8) is 0 Å². The number of fused-ring (bicyclic) bond motifs is 3. The predicted octanol–water partition coefficient (Wildman–Crippen LogP) is 0.265. The fourth-order valence-corrected chi connectivity index (χ4v) is 5.28. The molecule has 0 aliphatic carbocycles. The summed E-state index contributed by atoms with van der Waals surface area (Å²) in [7, 11) is 0. The number of hydrogen-bond acceptors (Lipinski definition) is 6. The van der Waals surface area contributed by atoms with Crippen LogP contribution in [0.3, 0.4) is 0 Å². The summed E-state index contributed by atoms with van der Waals surface area (Å²) in [5, 5.41) is 20.4. The van der Waals surface area contributed by atoms with Crippen molar-refractivity contribution in [1.82, 2.24) is 20.9 Å². The van der Waals surface area contributed by atoms with Crippen LogP contribution in [-0.2, 0) is 4.74 Å². The summed E-state index contributed by atoms with van der Waals surface area (Å²) in [4.78, 5) is 2.49. The van der Waals surface area contributed by atoms with Crippen molar-refractivity contribution in [3.05, 3.63) is 0 Å². The summed E-state index contributed by atoms with van der Waals surface area (Å²) in [6.07, 6.45) is 5.41. The molecule has 4 heterocycles. The summed E-state index contributed by atoms with van der Waals surface area (Å²) in [6.45, 7) is 7.58. The Hall–Kier alpha value is -0.710. The molecule has 6 nitrogen and oxygen atoms in total. The van der Waals surface area contributed by atoms with Crippen LogP contribution in [0.2, 0.25) is 0 Å². The molecule has 4 fully saturated rings. The van der Waals surface area contributed by atoms with E-state index in [9.17, 15) is 5.26 Å². The predicted molar refractivity (Wildman–Crippen MR) is 92.3 cm³/mol. The van der Waals surface area contributed by atoms with E-state index < -0.39 is 0 Å². The maximum atomic E-state index is 9.65. The highest BCUT2D eigenvalue weighted by Gasteiger charge is 2.52. The highest BCUT2D eigenvalue weighted by atomic mass is 16.5. The highest BCUT2D eigenvalue weighted by Crippen LogP contribution is 2.39. The van der Waals surface area contributed by atoms with Gasteiger partial charge in [0.2, 0.25) is 0 Å². The molecule has 4 saturated heterocycles. The molecule has 24 heavy (non-hydrogen) atoms. The standard InChI is InChI=1S/C18H31N5O/c1-2-23-8-5-12(6-9-23)24-17-14(10-19)21-11-15-16(17)13-4-3-7-20-18(13)22-15/h12-18,20-22H,2-9,11H2,1H3. The molecular weight excluding hydrogens is 302 g/mol. The molecule has 0 aromatic carbocycles. The molecule has 6 unspecified atom stereocenters. The maximum absolute atomic E-state index is 9.65. The molecule has 0 amide bonds. The Morgan fingerprint density at radius 1 is 1.21 bits per heavy atom. The number of piperidine rings is 3. The van der Waals surface area contributed by atoms with Crippen LogP contribution < -0.4 is 16.0 Å². The largest absolute Gasteiger partial charge is 0.372 e. The molecule has 0 saturated carbocycles. The molecule has 6 heteroatoms. The van der Waals surface area contributed by atoms with Gasteiger partial charge in [0, 0.05) is 31.6 Å². The molecule has 4 aliphatic heterocycles. The number of nitriles is 1. The van der Waals surface area contributed by atoms with E-state index in [0.29, 0.717) is 30.1 Å². The zero-order valence-electron chi connectivity index (χ0n) is 14.7. The van der Waals surface area contributed by atoms with Gasteiger partial charge in [-0.15, -0.1) is 0 Å². The van der Waals surface area contributed by atoms with E-state index in [2.05, 4.69) is 33.8 Å². The van der Waals surface area contributed by atoms with Crippen LogP contribution in [0.4, 0.5) is 0 Å². The van der Waals surface area contributed by atoms with E-state index in [4.69, 9.17) is 4.74 Å². The first-order chi connectivity index (χ1) is 11.8. The molecule has 4 aliphatic rings. The molecule has 0 aromatic heterocycles. The summed E-state index contributed by atoms with van der Waals surface area (Å²) < 4.78 is 6.61. The number of rotatable bonds is 3. The van der Waals surface area contributed by atoms with Crippen LogP contribution in [0.1, 0.15) is 32.6 Å². The average Bonchev–Trinajstić information content (AvgIpc) is 3.01. The molecule has 4 rings (SSSR count). The zero-order chi connectivity index (χ0) is 16.5. The van der Waals surface area contributed by atoms with Gasteiger partial charge in [0.05, 0.1) is 24.4 Å². The lowest BCUT2D eigenvalue weighted by atomic mass is 9.76. The van der Waals surface area contributed by atoms with E-state index in [-0.39, 0.29) is 12.1 Å². The minimum absolute atomic E-state index is 0.0225. The second kappa shape index (κ2) is 7.27. The lowest BCUT2D eigenvalue weighted by Gasteiger charge is -2.43. The Labute approximate surface area is 145 Å². The monoisotopic (exact) mass is 333 g/mol. The topological polar surface area (TPSA) is 72.3 Å². The smallest absolute Gasteiger partial charge is 0.122 e. The van der Waals surface area contributed by atoms with Gasteiger partial charge >= 0.3 is 0 Å². The fourth-order valence-electron chi connectivity index (χ4n) is 5.28. The zero-order valence-corrected chi connectivity index (χ0v) is 14.7. The van der Waals surface area contributed by atoms with Crippen molar-refractivity contribution >= 4 is 0 Å². The van der Waals surface area contributed by atoms with Crippen LogP contribution in [0.25, 0.3) is 0 Å². The van der Waals surface area contributed by atoms with Crippen molar-refractivity contribution in [2.45, 2.75) is 63.1 Å². The highest BCUT2D eigenvalue weighted by molar-refractivity contribution is 5.12. The van der Waals surface area contributed by atoms with Gasteiger partial charge in [0.1, 0.15) is 6.04 Å². The molecule has 0 bridgehead atoms.